The summed E-state index contributed by atoms with van der Waals surface area (Å²) in [4.78, 5) is 20.3. The van der Waals surface area contributed by atoms with Gasteiger partial charge < -0.3 is 5.11 Å². The normalized spacial score (nSPS) is 9.35. The van der Waals surface area contributed by atoms with Crippen LogP contribution in [0.4, 0.5) is 4.39 Å². The molecule has 4 heteroatoms. The molecule has 2 rings (SSSR count). The summed E-state index contributed by atoms with van der Waals surface area (Å²) in [6, 6.07) is 9.44. The van der Waals surface area contributed by atoms with Crippen LogP contribution < -0.4 is 0 Å². The molecule has 20 heavy (non-hydrogen) atoms. The summed E-state index contributed by atoms with van der Waals surface area (Å²) in [5.41, 5.74) is 2.22. The van der Waals surface area contributed by atoms with Crippen LogP contribution in [0.1, 0.15) is 31.8 Å². The number of hydrogen-bond acceptors (Lipinski definition) is 3. The summed E-state index contributed by atoms with van der Waals surface area (Å²) in [5, 5.41) is 9.06. The van der Waals surface area contributed by atoms with Gasteiger partial charge in [0.2, 0.25) is 0 Å². The molecule has 0 radical (unpaired) electrons. The Kier molecular flexibility index (Phi) is 5.59. The summed E-state index contributed by atoms with van der Waals surface area (Å²) >= 11 is 0. The molecule has 2 aromatic carbocycles. The Hall–Kier alpha value is -2.49. The molecule has 0 fully saturated rings. The van der Waals surface area contributed by atoms with Crippen molar-refractivity contribution >= 4 is 12.6 Å². The van der Waals surface area contributed by atoms with Crippen LogP contribution in [0.3, 0.4) is 0 Å². The molecule has 0 amide bonds. The number of aldehydes is 2. The maximum Gasteiger partial charge on any atom is 0.153 e. The summed E-state index contributed by atoms with van der Waals surface area (Å²) < 4.78 is 12.6. The number of hydrogen-bond donors (Lipinski definition) is 1. The van der Waals surface area contributed by atoms with Crippen LogP contribution >= 0.6 is 0 Å². The number of aryl methyl sites for hydroxylation is 2. The number of carbonyl (C=O) groups excluding carboxylic acids is 2. The molecule has 0 saturated carbocycles. The van der Waals surface area contributed by atoms with Crippen LogP contribution in [0.5, 0.6) is 5.75 Å². The van der Waals surface area contributed by atoms with Crippen molar-refractivity contribution < 1.29 is 19.1 Å². The second kappa shape index (κ2) is 7.19. The second-order valence-electron chi connectivity index (χ2n) is 4.32. The van der Waals surface area contributed by atoms with E-state index in [0.717, 1.165) is 11.1 Å². The molecular weight excluding hydrogens is 259 g/mol. The first-order chi connectivity index (χ1) is 9.47. The van der Waals surface area contributed by atoms with Gasteiger partial charge >= 0.3 is 0 Å². The Morgan fingerprint density at radius 1 is 0.900 bits per heavy atom. The maximum absolute atomic E-state index is 12.6. The molecule has 2 aromatic rings. The predicted molar refractivity (Wildman–Crippen MR) is 74.8 cm³/mol. The molecule has 0 atom stereocenters. The summed E-state index contributed by atoms with van der Waals surface area (Å²) in [6.07, 6.45) is 1.14. The van der Waals surface area contributed by atoms with Crippen LogP contribution in [0.15, 0.2) is 36.4 Å². The van der Waals surface area contributed by atoms with Gasteiger partial charge in [-0.25, -0.2) is 4.39 Å². The van der Waals surface area contributed by atoms with E-state index in [1.165, 1.54) is 12.1 Å². The van der Waals surface area contributed by atoms with Crippen LogP contribution in [-0.4, -0.2) is 17.7 Å². The SMILES string of the molecule is Cc1ccc(C=O)c(F)c1.Cc1ccc(C=O)c(O)c1. The van der Waals surface area contributed by atoms with Crippen molar-refractivity contribution in [3.63, 3.8) is 0 Å². The average molecular weight is 274 g/mol. The van der Waals surface area contributed by atoms with E-state index in [-0.39, 0.29) is 11.3 Å². The van der Waals surface area contributed by atoms with Gasteiger partial charge in [0, 0.05) is 0 Å². The smallest absolute Gasteiger partial charge is 0.153 e. The van der Waals surface area contributed by atoms with E-state index in [9.17, 15) is 14.0 Å². The highest BCUT2D eigenvalue weighted by molar-refractivity contribution is 5.79. The van der Waals surface area contributed by atoms with Crippen LogP contribution in [0, 0.1) is 19.7 Å². The topological polar surface area (TPSA) is 54.4 Å². The fourth-order valence-corrected chi connectivity index (χ4v) is 1.48. The lowest BCUT2D eigenvalue weighted by molar-refractivity contribution is 0.111. The highest BCUT2D eigenvalue weighted by Gasteiger charge is 1.98. The lowest BCUT2D eigenvalue weighted by atomic mass is 10.1. The number of carbonyl (C=O) groups is 2. The molecule has 1 N–H and O–H groups in total. The fourth-order valence-electron chi connectivity index (χ4n) is 1.48. The number of rotatable bonds is 2. The van der Waals surface area contributed by atoms with Crippen molar-refractivity contribution in [3.8, 4) is 5.75 Å². The van der Waals surface area contributed by atoms with Gasteiger partial charge in [-0.15, -0.1) is 0 Å². The van der Waals surface area contributed by atoms with Crippen LogP contribution in [0.2, 0.25) is 0 Å². The number of aromatic hydroxyl groups is 1. The minimum absolute atomic E-state index is 0.0509. The van der Waals surface area contributed by atoms with E-state index in [1.54, 1.807) is 31.2 Å². The zero-order valence-electron chi connectivity index (χ0n) is 11.3. The molecule has 0 bridgehead atoms. The molecule has 0 unspecified atom stereocenters. The minimum atomic E-state index is -0.449. The van der Waals surface area contributed by atoms with Crippen molar-refractivity contribution in [2.24, 2.45) is 0 Å². The third-order valence-electron chi connectivity index (χ3n) is 2.60. The quantitative estimate of drug-likeness (QED) is 0.853. The number of phenolic OH excluding ortho intramolecular Hbond substituents is 1. The Morgan fingerprint density at radius 2 is 1.40 bits per heavy atom. The molecule has 0 saturated heterocycles. The Morgan fingerprint density at radius 3 is 1.85 bits per heavy atom. The first-order valence-corrected chi connectivity index (χ1v) is 5.94. The van der Waals surface area contributed by atoms with Gasteiger partial charge in [-0.2, -0.15) is 0 Å². The molecule has 0 aliphatic heterocycles. The largest absolute Gasteiger partial charge is 0.507 e. The predicted octanol–water partition coefficient (Wildman–Crippen LogP) is 3.46. The maximum atomic E-state index is 12.6. The van der Waals surface area contributed by atoms with E-state index < -0.39 is 5.82 Å². The fraction of sp³-hybridized carbons (Fsp3) is 0.125. The Balaban J connectivity index is 0.000000200. The third kappa shape index (κ3) is 4.31. The van der Waals surface area contributed by atoms with Crippen molar-refractivity contribution in [2.45, 2.75) is 13.8 Å². The van der Waals surface area contributed by atoms with E-state index in [1.807, 2.05) is 6.92 Å². The minimum Gasteiger partial charge on any atom is -0.507 e. The van der Waals surface area contributed by atoms with Gasteiger partial charge in [0.15, 0.2) is 12.6 Å². The van der Waals surface area contributed by atoms with Crippen molar-refractivity contribution in [2.75, 3.05) is 0 Å². The number of halogens is 1. The zero-order chi connectivity index (χ0) is 15.1. The van der Waals surface area contributed by atoms with Crippen LogP contribution in [-0.2, 0) is 0 Å². The van der Waals surface area contributed by atoms with Gasteiger partial charge in [-0.3, -0.25) is 9.59 Å². The van der Waals surface area contributed by atoms with Crippen molar-refractivity contribution in [1.82, 2.24) is 0 Å². The molecule has 0 spiro atoms. The second-order valence-corrected chi connectivity index (χ2v) is 4.32. The molecule has 0 heterocycles. The highest BCUT2D eigenvalue weighted by Crippen LogP contribution is 2.15. The summed E-state index contributed by atoms with van der Waals surface area (Å²) in [5.74, 6) is -0.398. The third-order valence-corrected chi connectivity index (χ3v) is 2.60. The lowest BCUT2D eigenvalue weighted by Crippen LogP contribution is -1.86. The molecule has 0 aromatic heterocycles. The van der Waals surface area contributed by atoms with Crippen molar-refractivity contribution in [3.05, 3.63) is 64.5 Å². The van der Waals surface area contributed by atoms with Gasteiger partial charge in [0.25, 0.3) is 0 Å². The number of benzene rings is 2. The van der Waals surface area contributed by atoms with E-state index >= 15 is 0 Å². The standard InChI is InChI=1S/C8H7FO.C8H8O2/c1-6-2-3-7(5-10)8(9)4-6;1-6-2-3-7(5-9)8(10)4-6/h2-5H,1H3;2-5,10H,1H3. The zero-order valence-corrected chi connectivity index (χ0v) is 11.3. The summed E-state index contributed by atoms with van der Waals surface area (Å²) in [6.45, 7) is 3.63. The molecule has 104 valence electrons. The van der Waals surface area contributed by atoms with Crippen LogP contribution in [0.25, 0.3) is 0 Å². The summed E-state index contributed by atoms with van der Waals surface area (Å²) in [7, 11) is 0. The lowest BCUT2D eigenvalue weighted by Gasteiger charge is -1.96. The van der Waals surface area contributed by atoms with E-state index in [2.05, 4.69) is 0 Å². The monoisotopic (exact) mass is 274 g/mol. The number of phenols is 1. The molecular formula is C16H15FO3. The van der Waals surface area contributed by atoms with Gasteiger partial charge in [0.05, 0.1) is 11.1 Å². The Bertz CT molecular complexity index is 566. The van der Waals surface area contributed by atoms with Gasteiger partial charge in [-0.1, -0.05) is 12.1 Å². The van der Waals surface area contributed by atoms with E-state index in [0.29, 0.717) is 18.1 Å². The van der Waals surface area contributed by atoms with Gasteiger partial charge in [0.1, 0.15) is 11.6 Å². The average Bonchev–Trinajstić information content (AvgIpc) is 2.40. The molecule has 3 nitrogen and oxygen atoms in total. The molecule has 0 aliphatic rings. The van der Waals surface area contributed by atoms with Crippen molar-refractivity contribution in [1.29, 1.82) is 0 Å². The highest BCUT2D eigenvalue weighted by atomic mass is 19.1. The van der Waals surface area contributed by atoms with Gasteiger partial charge in [-0.05, 0) is 49.2 Å². The molecule has 0 aliphatic carbocycles. The van der Waals surface area contributed by atoms with E-state index in [4.69, 9.17) is 5.11 Å². The Labute approximate surface area is 116 Å². The first-order valence-electron chi connectivity index (χ1n) is 5.94. The first kappa shape index (κ1) is 15.6.